The van der Waals surface area contributed by atoms with Gasteiger partial charge in [-0.1, -0.05) is 32.0 Å². The summed E-state index contributed by atoms with van der Waals surface area (Å²) in [7, 11) is 0. The zero-order valence-corrected chi connectivity index (χ0v) is 24.5. The third-order valence-electron chi connectivity index (χ3n) is 6.30. The van der Waals surface area contributed by atoms with Crippen molar-refractivity contribution in [3.8, 4) is 17.2 Å². The molecule has 0 saturated carbocycles. The highest BCUT2D eigenvalue weighted by Gasteiger charge is 2.36. The molecule has 0 atom stereocenters. The normalized spacial score (nSPS) is 14.3. The van der Waals surface area contributed by atoms with Gasteiger partial charge in [-0.25, -0.2) is 0 Å². The Labute approximate surface area is 254 Å². The number of rotatable bonds is 10. The summed E-state index contributed by atoms with van der Waals surface area (Å²) < 4.78 is 50.3. The van der Waals surface area contributed by atoms with Gasteiger partial charge in [0.25, 0.3) is 11.1 Å². The van der Waals surface area contributed by atoms with E-state index >= 15 is 0 Å². The van der Waals surface area contributed by atoms with Crippen LogP contribution in [0.25, 0.3) is 6.08 Å². The van der Waals surface area contributed by atoms with E-state index in [0.717, 1.165) is 16.5 Å². The molecule has 230 valence electrons. The third kappa shape index (κ3) is 7.56. The lowest BCUT2D eigenvalue weighted by atomic mass is 10.0. The monoisotopic (exact) mass is 629 g/mol. The van der Waals surface area contributed by atoms with Gasteiger partial charge < -0.3 is 14.8 Å². The van der Waals surface area contributed by atoms with E-state index in [1.54, 1.807) is 19.1 Å². The Bertz CT molecular complexity index is 1640. The Morgan fingerprint density at radius 3 is 2.34 bits per heavy atom. The minimum Gasteiger partial charge on any atom is -0.490 e. The lowest BCUT2D eigenvalue weighted by molar-refractivity contribution is -0.385. The fourth-order valence-corrected chi connectivity index (χ4v) is 4.93. The lowest BCUT2D eigenvalue weighted by Gasteiger charge is -2.14. The number of carbonyl (C=O) groups excluding carboxylic acids is 3. The molecule has 1 fully saturated rings. The largest absolute Gasteiger partial charge is 0.490 e. The minimum absolute atomic E-state index is 0.0296. The molecule has 10 nitrogen and oxygen atoms in total. The molecule has 0 radical (unpaired) electrons. The fourth-order valence-electron chi connectivity index (χ4n) is 4.09. The molecule has 0 aromatic heterocycles. The summed E-state index contributed by atoms with van der Waals surface area (Å²) in [6, 6.07) is 13.4. The Morgan fingerprint density at radius 2 is 1.73 bits per heavy atom. The zero-order chi connectivity index (χ0) is 32.2. The molecule has 1 heterocycles. The molecule has 3 aromatic rings. The van der Waals surface area contributed by atoms with E-state index in [1.807, 2.05) is 26.0 Å². The predicted octanol–water partition coefficient (Wildman–Crippen LogP) is 7.60. The highest BCUT2D eigenvalue weighted by Crippen LogP contribution is 2.41. The number of anilines is 1. The summed E-state index contributed by atoms with van der Waals surface area (Å²) in [4.78, 5) is 49.4. The molecule has 3 aromatic carbocycles. The Kier molecular flexibility index (Phi) is 9.62. The van der Waals surface area contributed by atoms with Gasteiger partial charge in [0.05, 0.1) is 22.0 Å². The van der Waals surface area contributed by atoms with Crippen molar-refractivity contribution in [2.75, 3.05) is 18.5 Å². The number of nitrogens with one attached hydrogen (secondary N) is 1. The Hall–Kier alpha value is -4.85. The van der Waals surface area contributed by atoms with Crippen LogP contribution in [-0.4, -0.2) is 40.0 Å². The second-order valence-electron chi connectivity index (χ2n) is 9.77. The zero-order valence-electron chi connectivity index (χ0n) is 23.6. The molecule has 1 aliphatic heterocycles. The molecule has 0 unspecified atom stereocenters. The highest BCUT2D eigenvalue weighted by atomic mass is 32.2. The van der Waals surface area contributed by atoms with Crippen LogP contribution in [0.5, 0.6) is 17.2 Å². The Balaban J connectivity index is 1.51. The van der Waals surface area contributed by atoms with Crippen molar-refractivity contribution in [3.05, 3.63) is 92.4 Å². The number of imide groups is 1. The first-order valence-corrected chi connectivity index (χ1v) is 14.0. The van der Waals surface area contributed by atoms with E-state index < -0.39 is 51.7 Å². The van der Waals surface area contributed by atoms with Crippen LogP contribution in [-0.2, 0) is 15.8 Å². The number of alkyl halides is 3. The van der Waals surface area contributed by atoms with E-state index in [9.17, 15) is 37.7 Å². The van der Waals surface area contributed by atoms with Crippen LogP contribution < -0.4 is 14.8 Å². The summed E-state index contributed by atoms with van der Waals surface area (Å²) in [5.41, 5.74) is -0.0930. The molecule has 1 aliphatic rings. The van der Waals surface area contributed by atoms with Crippen LogP contribution in [0, 0.1) is 10.1 Å². The molecule has 4 rings (SSSR count). The van der Waals surface area contributed by atoms with Crippen molar-refractivity contribution in [2.24, 2.45) is 0 Å². The average Bonchev–Trinajstić information content (AvgIpc) is 3.21. The summed E-state index contributed by atoms with van der Waals surface area (Å²) in [6.07, 6.45) is -3.38. The molecule has 1 N–H and O–H groups in total. The summed E-state index contributed by atoms with van der Waals surface area (Å²) >= 11 is 0.644. The maximum atomic E-state index is 13.1. The van der Waals surface area contributed by atoms with E-state index in [0.29, 0.717) is 41.1 Å². The number of halogens is 3. The quantitative estimate of drug-likeness (QED) is 0.138. The number of nitro groups is 1. The van der Waals surface area contributed by atoms with Crippen molar-refractivity contribution in [1.82, 2.24) is 4.90 Å². The van der Waals surface area contributed by atoms with E-state index in [2.05, 4.69) is 5.32 Å². The number of ether oxygens (including phenoxy) is 2. The molecule has 44 heavy (non-hydrogen) atoms. The fraction of sp³-hybridized carbons (Fsp3) is 0.233. The minimum atomic E-state index is -4.79. The van der Waals surface area contributed by atoms with E-state index in [4.69, 9.17) is 9.47 Å². The van der Waals surface area contributed by atoms with Crippen LogP contribution in [0.4, 0.5) is 29.3 Å². The molecule has 1 saturated heterocycles. The van der Waals surface area contributed by atoms with Crippen molar-refractivity contribution >= 4 is 46.3 Å². The molecule has 3 amide bonds. The van der Waals surface area contributed by atoms with Gasteiger partial charge in [-0.3, -0.25) is 29.4 Å². The molecule has 0 aliphatic carbocycles. The molecular weight excluding hydrogens is 603 g/mol. The molecule has 0 spiro atoms. The van der Waals surface area contributed by atoms with Crippen LogP contribution in [0.2, 0.25) is 0 Å². The average molecular weight is 630 g/mol. The predicted molar refractivity (Wildman–Crippen MR) is 158 cm³/mol. The van der Waals surface area contributed by atoms with E-state index in [1.165, 1.54) is 24.3 Å². The number of carbonyl (C=O) groups is 3. The smallest absolute Gasteiger partial charge is 0.416 e. The van der Waals surface area contributed by atoms with Gasteiger partial charge in [-0.05, 0) is 78.2 Å². The maximum absolute atomic E-state index is 13.1. The SMILES string of the molecule is CCOc1cc(/C=C2/SC(=O)N(CC(=O)Nc3ccc(C(C)C)cc3)C2=O)ccc1Oc1ccc(C(F)(F)F)cc1[N+](=O)[O-]. The van der Waals surface area contributed by atoms with Crippen LogP contribution in [0.1, 0.15) is 43.4 Å². The van der Waals surface area contributed by atoms with Crippen LogP contribution >= 0.6 is 11.8 Å². The Morgan fingerprint density at radius 1 is 1.05 bits per heavy atom. The number of hydrogen-bond acceptors (Lipinski definition) is 8. The number of amides is 3. The molecular formula is C30H26F3N3O7S. The summed E-state index contributed by atoms with van der Waals surface area (Å²) in [5.74, 6) is -1.30. The first-order chi connectivity index (χ1) is 20.8. The molecule has 14 heteroatoms. The van der Waals surface area contributed by atoms with Crippen LogP contribution in [0.3, 0.4) is 0 Å². The second-order valence-corrected chi connectivity index (χ2v) is 10.8. The standard InChI is InChI=1S/C30H26F3N3O7S/c1-4-42-25-13-18(5-11-24(25)43-23-12-8-20(30(31,32)33)15-22(23)36(40)41)14-26-28(38)35(29(39)44-26)16-27(37)34-21-9-6-19(7-10-21)17(2)3/h5-15,17H,4,16H2,1-3H3,(H,34,37)/b26-14+. The van der Waals surface area contributed by atoms with Gasteiger partial charge in [-0.2, -0.15) is 13.2 Å². The number of hydrogen-bond donors (Lipinski definition) is 1. The topological polar surface area (TPSA) is 128 Å². The number of benzene rings is 3. The first kappa shape index (κ1) is 32.1. The van der Waals surface area contributed by atoms with Gasteiger partial charge in [0.1, 0.15) is 6.54 Å². The van der Waals surface area contributed by atoms with Gasteiger partial charge in [0, 0.05) is 11.8 Å². The van der Waals surface area contributed by atoms with Crippen LogP contribution in [0.15, 0.2) is 65.6 Å². The van der Waals surface area contributed by atoms with Gasteiger partial charge in [-0.15, -0.1) is 0 Å². The number of thioether (sulfide) groups is 1. The van der Waals surface area contributed by atoms with Gasteiger partial charge in [0.2, 0.25) is 11.7 Å². The summed E-state index contributed by atoms with van der Waals surface area (Å²) in [6.45, 7) is 5.39. The number of nitrogens with zero attached hydrogens (tertiary/aromatic N) is 2. The third-order valence-corrected chi connectivity index (χ3v) is 7.21. The van der Waals surface area contributed by atoms with Gasteiger partial charge >= 0.3 is 11.9 Å². The second kappa shape index (κ2) is 13.2. The van der Waals surface area contributed by atoms with Gasteiger partial charge in [0.15, 0.2) is 11.5 Å². The van der Waals surface area contributed by atoms with Crippen molar-refractivity contribution in [1.29, 1.82) is 0 Å². The van der Waals surface area contributed by atoms with Crippen molar-refractivity contribution in [3.63, 3.8) is 0 Å². The van der Waals surface area contributed by atoms with Crippen molar-refractivity contribution < 1.29 is 42.0 Å². The molecule has 0 bridgehead atoms. The first-order valence-electron chi connectivity index (χ1n) is 13.2. The summed E-state index contributed by atoms with van der Waals surface area (Å²) in [5, 5.41) is 13.5. The van der Waals surface area contributed by atoms with Crippen molar-refractivity contribution in [2.45, 2.75) is 32.9 Å². The number of nitro benzene ring substituents is 1. The highest BCUT2D eigenvalue weighted by molar-refractivity contribution is 8.18. The van der Waals surface area contributed by atoms with E-state index in [-0.39, 0.29) is 23.0 Å². The maximum Gasteiger partial charge on any atom is 0.416 e. The lowest BCUT2D eigenvalue weighted by Crippen LogP contribution is -2.36.